The molecule has 2 N–H and O–H groups in total. The molecule has 168 valence electrons. The van der Waals surface area contributed by atoms with Crippen LogP contribution in [0.4, 0.5) is 22.7 Å². The minimum atomic E-state index is 0.838. The number of para-hydroxylation sites is 1. The van der Waals surface area contributed by atoms with E-state index in [9.17, 15) is 0 Å². The summed E-state index contributed by atoms with van der Waals surface area (Å²) in [5.74, 6) is 0. The number of anilines is 4. The second-order valence-corrected chi connectivity index (χ2v) is 8.34. The predicted molar refractivity (Wildman–Crippen MR) is 147 cm³/mol. The Balaban J connectivity index is 0.000000291. The summed E-state index contributed by atoms with van der Waals surface area (Å²) >= 11 is 0. The van der Waals surface area contributed by atoms with Crippen molar-refractivity contribution in [3.63, 3.8) is 0 Å². The molecule has 2 nitrogen and oxygen atoms in total. The van der Waals surface area contributed by atoms with Crippen LogP contribution in [-0.4, -0.2) is 0 Å². The Morgan fingerprint density at radius 3 is 1.50 bits per heavy atom. The van der Waals surface area contributed by atoms with Gasteiger partial charge in [0.2, 0.25) is 0 Å². The van der Waals surface area contributed by atoms with Gasteiger partial charge in [-0.1, -0.05) is 84.9 Å². The Morgan fingerprint density at radius 1 is 0.441 bits per heavy atom. The van der Waals surface area contributed by atoms with Crippen molar-refractivity contribution in [1.82, 2.24) is 0 Å². The Morgan fingerprint density at radius 2 is 0.941 bits per heavy atom. The normalized spacial score (nSPS) is 10.2. The predicted octanol–water partition coefficient (Wildman–Crippen LogP) is 8.71. The molecule has 0 aliphatic carbocycles. The fraction of sp³-hybridized carbons (Fsp3) is 0.0625. The maximum Gasteiger partial charge on any atom is 0.0464 e. The minimum Gasteiger partial charge on any atom is -0.399 e. The molecule has 5 aromatic rings. The molecule has 0 radical (unpaired) electrons. The van der Waals surface area contributed by atoms with Gasteiger partial charge < -0.3 is 10.6 Å². The SMILES string of the molecule is Cc1cccc(N(c2ccccc2)c2ccc(-c3ccccc3)cc2)c1.Cc1cccc(N)c1. The smallest absolute Gasteiger partial charge is 0.0464 e. The van der Waals surface area contributed by atoms with Crippen LogP contribution >= 0.6 is 0 Å². The molecule has 5 rings (SSSR count). The molecule has 34 heavy (non-hydrogen) atoms. The lowest BCUT2D eigenvalue weighted by molar-refractivity contribution is 1.27. The zero-order valence-corrected chi connectivity index (χ0v) is 19.7. The van der Waals surface area contributed by atoms with Crippen LogP contribution in [0.15, 0.2) is 133 Å². The average Bonchev–Trinajstić information content (AvgIpc) is 2.86. The number of aryl methyl sites for hydroxylation is 2. The van der Waals surface area contributed by atoms with Gasteiger partial charge in [0.05, 0.1) is 0 Å². The summed E-state index contributed by atoms with van der Waals surface area (Å²) in [4.78, 5) is 2.29. The number of hydrogen-bond acceptors (Lipinski definition) is 2. The van der Waals surface area contributed by atoms with Crippen molar-refractivity contribution in [3.8, 4) is 11.1 Å². The lowest BCUT2D eigenvalue weighted by Gasteiger charge is -2.26. The summed E-state index contributed by atoms with van der Waals surface area (Å²) in [6.45, 7) is 4.15. The quantitative estimate of drug-likeness (QED) is 0.282. The molecule has 0 amide bonds. The molecule has 0 spiro atoms. The molecule has 0 saturated carbocycles. The molecule has 0 atom stereocenters. The van der Waals surface area contributed by atoms with Crippen LogP contribution in [0.3, 0.4) is 0 Å². The highest BCUT2D eigenvalue weighted by atomic mass is 15.1. The molecule has 0 fully saturated rings. The highest BCUT2D eigenvalue weighted by Crippen LogP contribution is 2.35. The lowest BCUT2D eigenvalue weighted by atomic mass is 10.0. The van der Waals surface area contributed by atoms with Crippen LogP contribution in [0.25, 0.3) is 11.1 Å². The van der Waals surface area contributed by atoms with E-state index in [2.05, 4.69) is 115 Å². The number of rotatable bonds is 4. The van der Waals surface area contributed by atoms with E-state index in [0.29, 0.717) is 0 Å². The van der Waals surface area contributed by atoms with Gasteiger partial charge in [0.1, 0.15) is 0 Å². The monoisotopic (exact) mass is 442 g/mol. The molecular weight excluding hydrogens is 412 g/mol. The van der Waals surface area contributed by atoms with Gasteiger partial charge in [0.15, 0.2) is 0 Å². The number of nitrogen functional groups attached to an aromatic ring is 1. The van der Waals surface area contributed by atoms with Gasteiger partial charge in [-0.3, -0.25) is 0 Å². The van der Waals surface area contributed by atoms with Crippen LogP contribution in [0.1, 0.15) is 11.1 Å². The fourth-order valence-corrected chi connectivity index (χ4v) is 3.90. The second kappa shape index (κ2) is 11.0. The van der Waals surface area contributed by atoms with Gasteiger partial charge in [0, 0.05) is 22.7 Å². The largest absolute Gasteiger partial charge is 0.399 e. The third-order valence-electron chi connectivity index (χ3n) is 5.55. The third-order valence-corrected chi connectivity index (χ3v) is 5.55. The van der Waals surface area contributed by atoms with Gasteiger partial charge in [-0.05, 0) is 84.6 Å². The highest BCUT2D eigenvalue weighted by molar-refractivity contribution is 5.78. The van der Waals surface area contributed by atoms with Crippen LogP contribution in [-0.2, 0) is 0 Å². The first-order chi connectivity index (χ1) is 16.6. The standard InChI is InChI=1S/C25H21N.C7H9N/c1-20-9-8-14-25(19-20)26(23-12-6-3-7-13-23)24-17-15-22(16-18-24)21-10-4-2-5-11-21;1-6-3-2-4-7(8)5-6/h2-19H,1H3;2-5H,8H2,1H3. The number of hydrogen-bond donors (Lipinski definition) is 1. The molecule has 0 aromatic heterocycles. The van der Waals surface area contributed by atoms with Crippen molar-refractivity contribution < 1.29 is 0 Å². The van der Waals surface area contributed by atoms with Crippen molar-refractivity contribution in [2.45, 2.75) is 13.8 Å². The van der Waals surface area contributed by atoms with E-state index in [-0.39, 0.29) is 0 Å². The molecule has 0 bridgehead atoms. The molecular formula is C32H30N2. The van der Waals surface area contributed by atoms with Crippen molar-refractivity contribution in [1.29, 1.82) is 0 Å². The van der Waals surface area contributed by atoms with Crippen LogP contribution in [0.5, 0.6) is 0 Å². The molecule has 0 aliphatic heterocycles. The van der Waals surface area contributed by atoms with Crippen LogP contribution in [0.2, 0.25) is 0 Å². The Bertz CT molecular complexity index is 1290. The Hall–Kier alpha value is -4.30. The van der Waals surface area contributed by atoms with Crippen molar-refractivity contribution >= 4 is 22.7 Å². The summed E-state index contributed by atoms with van der Waals surface area (Å²) < 4.78 is 0. The minimum absolute atomic E-state index is 0.838. The van der Waals surface area contributed by atoms with E-state index in [0.717, 1.165) is 17.1 Å². The van der Waals surface area contributed by atoms with Crippen LogP contribution < -0.4 is 10.6 Å². The number of nitrogens with zero attached hydrogens (tertiary/aromatic N) is 1. The summed E-state index contributed by atoms with van der Waals surface area (Å²) in [6, 6.07) is 46.2. The van der Waals surface area contributed by atoms with Crippen molar-refractivity contribution in [3.05, 3.63) is 145 Å². The first kappa shape index (κ1) is 22.9. The summed E-state index contributed by atoms with van der Waals surface area (Å²) in [7, 11) is 0. The van der Waals surface area contributed by atoms with E-state index in [1.807, 2.05) is 37.3 Å². The maximum atomic E-state index is 5.46. The van der Waals surface area contributed by atoms with E-state index >= 15 is 0 Å². The van der Waals surface area contributed by atoms with Gasteiger partial charge in [0.25, 0.3) is 0 Å². The zero-order valence-electron chi connectivity index (χ0n) is 19.7. The number of benzene rings is 5. The topological polar surface area (TPSA) is 29.3 Å². The molecule has 0 aliphatic rings. The maximum absolute atomic E-state index is 5.46. The van der Waals surface area contributed by atoms with Gasteiger partial charge >= 0.3 is 0 Å². The first-order valence-corrected chi connectivity index (χ1v) is 11.5. The average molecular weight is 443 g/mol. The lowest BCUT2D eigenvalue weighted by Crippen LogP contribution is -2.09. The molecule has 0 heterocycles. The Labute approximate surface area is 202 Å². The molecule has 0 unspecified atom stereocenters. The first-order valence-electron chi connectivity index (χ1n) is 11.5. The third kappa shape index (κ3) is 5.93. The van der Waals surface area contributed by atoms with Crippen LogP contribution in [0, 0.1) is 13.8 Å². The van der Waals surface area contributed by atoms with Gasteiger partial charge in [-0.25, -0.2) is 0 Å². The summed E-state index contributed by atoms with van der Waals surface area (Å²) in [6.07, 6.45) is 0. The van der Waals surface area contributed by atoms with E-state index < -0.39 is 0 Å². The zero-order chi connectivity index (χ0) is 23.8. The molecule has 2 heteroatoms. The number of nitrogens with two attached hydrogens (primary N) is 1. The van der Waals surface area contributed by atoms with E-state index in [1.54, 1.807) is 0 Å². The van der Waals surface area contributed by atoms with Gasteiger partial charge in [-0.2, -0.15) is 0 Å². The second-order valence-electron chi connectivity index (χ2n) is 8.34. The molecule has 5 aromatic carbocycles. The van der Waals surface area contributed by atoms with Gasteiger partial charge in [-0.15, -0.1) is 0 Å². The van der Waals surface area contributed by atoms with E-state index in [1.165, 1.54) is 27.9 Å². The molecule has 0 saturated heterocycles. The fourth-order valence-electron chi connectivity index (χ4n) is 3.90. The van der Waals surface area contributed by atoms with E-state index in [4.69, 9.17) is 5.73 Å². The van der Waals surface area contributed by atoms with Crippen molar-refractivity contribution in [2.75, 3.05) is 10.6 Å². The summed E-state index contributed by atoms with van der Waals surface area (Å²) in [5, 5.41) is 0. The summed E-state index contributed by atoms with van der Waals surface area (Å²) in [5.41, 5.74) is 14.7. The van der Waals surface area contributed by atoms with Crippen molar-refractivity contribution in [2.24, 2.45) is 0 Å². The Kier molecular flexibility index (Phi) is 7.42. The highest BCUT2D eigenvalue weighted by Gasteiger charge is 2.12.